The molecule has 10 nitrogen and oxygen atoms in total. The standard InChI is InChI=1S/C19H22FN5O5S/c1-11(2)16(24-31(29,30)13-5-3-12(20)4-6-13)18(27)23-14-9-15-21-7-8-25(15)10-22-19(28)17(14)26/h3-8,11,14,16,24H,9-10H2,1-2H3,(H,22,28)(H,23,27). The summed E-state index contributed by atoms with van der Waals surface area (Å²) in [5.74, 6) is -3.10. The molecule has 0 bridgehead atoms. The van der Waals surface area contributed by atoms with Gasteiger partial charge >= 0.3 is 0 Å². The van der Waals surface area contributed by atoms with E-state index in [9.17, 15) is 27.2 Å². The average Bonchev–Trinajstić information content (AvgIpc) is 3.15. The van der Waals surface area contributed by atoms with Crippen LogP contribution in [0, 0.1) is 11.7 Å². The number of aromatic nitrogens is 2. The third-order valence-corrected chi connectivity index (χ3v) is 6.27. The summed E-state index contributed by atoms with van der Waals surface area (Å²) in [6.07, 6.45) is 3.10. The minimum absolute atomic E-state index is 0.0273. The van der Waals surface area contributed by atoms with Gasteiger partial charge < -0.3 is 15.2 Å². The number of ketones is 1. The van der Waals surface area contributed by atoms with E-state index < -0.39 is 51.4 Å². The number of halogens is 1. The first-order valence-corrected chi connectivity index (χ1v) is 11.0. The Kier molecular flexibility index (Phi) is 6.51. The molecule has 0 aliphatic carbocycles. The van der Waals surface area contributed by atoms with Crippen LogP contribution >= 0.6 is 0 Å². The molecule has 0 spiro atoms. The SMILES string of the molecule is CC(C)C(NS(=O)(=O)c1ccc(F)cc1)C(=O)NC1Cc2nccn2CNC(=O)C1=O. The Bertz CT molecular complexity index is 1100. The van der Waals surface area contributed by atoms with Crippen LogP contribution in [0.2, 0.25) is 0 Å². The highest BCUT2D eigenvalue weighted by Crippen LogP contribution is 2.14. The first-order chi connectivity index (χ1) is 14.6. The highest BCUT2D eigenvalue weighted by atomic mass is 32.2. The van der Waals surface area contributed by atoms with Gasteiger partial charge in [-0.25, -0.2) is 17.8 Å². The summed E-state index contributed by atoms with van der Waals surface area (Å²) in [5, 5.41) is 4.91. The van der Waals surface area contributed by atoms with Gasteiger partial charge in [-0.2, -0.15) is 4.72 Å². The second-order valence-electron chi connectivity index (χ2n) is 7.40. The zero-order valence-corrected chi connectivity index (χ0v) is 17.6. The summed E-state index contributed by atoms with van der Waals surface area (Å²) in [6, 6.07) is 1.69. The number of fused-ring (bicyclic) bond motifs is 1. The van der Waals surface area contributed by atoms with E-state index in [-0.39, 0.29) is 18.0 Å². The number of nitrogens with zero attached hydrogens (tertiary/aromatic N) is 2. The van der Waals surface area contributed by atoms with Crippen LogP contribution in [-0.2, 0) is 37.5 Å². The van der Waals surface area contributed by atoms with E-state index >= 15 is 0 Å². The monoisotopic (exact) mass is 451 g/mol. The van der Waals surface area contributed by atoms with E-state index in [2.05, 4.69) is 20.3 Å². The summed E-state index contributed by atoms with van der Waals surface area (Å²) < 4.78 is 42.3. The van der Waals surface area contributed by atoms with Gasteiger partial charge in [-0.1, -0.05) is 13.8 Å². The summed E-state index contributed by atoms with van der Waals surface area (Å²) in [4.78, 5) is 41.3. The number of sulfonamides is 1. The Hall–Kier alpha value is -3.12. The summed E-state index contributed by atoms with van der Waals surface area (Å²) in [5.41, 5.74) is 0. The molecule has 12 heteroatoms. The number of Topliss-reactive ketones (excluding diaryl/α,β-unsaturated/α-hetero) is 1. The third kappa shape index (κ3) is 5.14. The molecule has 1 aliphatic heterocycles. The maximum Gasteiger partial charge on any atom is 0.291 e. The quantitative estimate of drug-likeness (QED) is 0.516. The van der Waals surface area contributed by atoms with E-state index in [1.807, 2.05) is 0 Å². The summed E-state index contributed by atoms with van der Waals surface area (Å²) in [6.45, 7) is 3.32. The number of hydrogen-bond acceptors (Lipinski definition) is 6. The van der Waals surface area contributed by atoms with E-state index in [1.54, 1.807) is 24.6 Å². The van der Waals surface area contributed by atoms with Crippen LogP contribution in [0.1, 0.15) is 19.7 Å². The van der Waals surface area contributed by atoms with Gasteiger partial charge in [-0.3, -0.25) is 14.4 Å². The Morgan fingerprint density at radius 2 is 1.94 bits per heavy atom. The van der Waals surface area contributed by atoms with Gasteiger partial charge in [0, 0.05) is 18.8 Å². The van der Waals surface area contributed by atoms with E-state index in [4.69, 9.17) is 0 Å². The van der Waals surface area contributed by atoms with Gasteiger partial charge in [-0.05, 0) is 30.2 Å². The lowest BCUT2D eigenvalue weighted by atomic mass is 10.0. The molecule has 3 N–H and O–H groups in total. The molecular formula is C19H22FN5O5S. The lowest BCUT2D eigenvalue weighted by Crippen LogP contribution is -2.56. The second-order valence-corrected chi connectivity index (χ2v) is 9.12. The van der Waals surface area contributed by atoms with E-state index in [1.165, 1.54) is 6.20 Å². The molecule has 1 aromatic carbocycles. The maximum absolute atomic E-state index is 13.1. The van der Waals surface area contributed by atoms with Crippen molar-refractivity contribution in [1.82, 2.24) is 24.9 Å². The first-order valence-electron chi connectivity index (χ1n) is 9.49. The molecule has 31 heavy (non-hydrogen) atoms. The lowest BCUT2D eigenvalue weighted by molar-refractivity contribution is -0.140. The summed E-state index contributed by atoms with van der Waals surface area (Å²) >= 11 is 0. The normalized spacial score (nSPS) is 18.0. The fourth-order valence-corrected chi connectivity index (χ4v) is 4.41. The molecule has 1 aliphatic rings. The molecule has 166 valence electrons. The zero-order valence-electron chi connectivity index (χ0n) is 16.8. The number of amides is 2. The van der Waals surface area contributed by atoms with Gasteiger partial charge in [0.2, 0.25) is 21.7 Å². The number of imidazole rings is 1. The Labute approximate surface area is 178 Å². The van der Waals surface area contributed by atoms with Gasteiger partial charge in [0.15, 0.2) is 0 Å². The third-order valence-electron chi connectivity index (χ3n) is 4.81. The van der Waals surface area contributed by atoms with Crippen LogP contribution in [0.15, 0.2) is 41.6 Å². The average molecular weight is 451 g/mol. The van der Waals surface area contributed by atoms with Crippen molar-refractivity contribution < 1.29 is 27.2 Å². The number of carbonyl (C=O) groups excluding carboxylic acids is 3. The van der Waals surface area contributed by atoms with Gasteiger partial charge in [0.1, 0.15) is 23.7 Å². The second kappa shape index (κ2) is 8.94. The van der Waals surface area contributed by atoms with Crippen molar-refractivity contribution in [3.8, 4) is 0 Å². The predicted molar refractivity (Wildman–Crippen MR) is 106 cm³/mol. The molecule has 2 atom stereocenters. The van der Waals surface area contributed by atoms with Crippen molar-refractivity contribution in [2.75, 3.05) is 0 Å². The Morgan fingerprint density at radius 3 is 2.58 bits per heavy atom. The summed E-state index contributed by atoms with van der Waals surface area (Å²) in [7, 11) is -4.14. The molecule has 3 rings (SSSR count). The maximum atomic E-state index is 13.1. The molecule has 1 aromatic heterocycles. The molecule has 2 aromatic rings. The van der Waals surface area contributed by atoms with E-state index in [0.29, 0.717) is 5.82 Å². The van der Waals surface area contributed by atoms with Crippen LogP contribution < -0.4 is 15.4 Å². The van der Waals surface area contributed by atoms with Crippen molar-refractivity contribution in [2.45, 2.75) is 43.9 Å². The van der Waals surface area contributed by atoms with E-state index in [0.717, 1.165) is 24.3 Å². The van der Waals surface area contributed by atoms with Crippen molar-refractivity contribution in [3.05, 3.63) is 48.3 Å². The smallest absolute Gasteiger partial charge is 0.291 e. The van der Waals surface area contributed by atoms with Gasteiger partial charge in [0.05, 0.1) is 11.6 Å². The van der Waals surface area contributed by atoms with Crippen molar-refractivity contribution in [1.29, 1.82) is 0 Å². The number of nitrogens with one attached hydrogen (secondary N) is 3. The van der Waals surface area contributed by atoms with Crippen LogP contribution in [0.5, 0.6) is 0 Å². The van der Waals surface area contributed by atoms with Crippen LogP contribution in [0.3, 0.4) is 0 Å². The molecule has 0 saturated heterocycles. The first kappa shape index (κ1) is 22.6. The fourth-order valence-electron chi connectivity index (χ4n) is 3.07. The largest absolute Gasteiger partial charge is 0.344 e. The molecule has 0 saturated carbocycles. The number of hydrogen-bond donors (Lipinski definition) is 3. The minimum Gasteiger partial charge on any atom is -0.344 e. The molecule has 2 unspecified atom stereocenters. The molecule has 0 fully saturated rings. The van der Waals surface area contributed by atoms with Gasteiger partial charge in [0.25, 0.3) is 5.91 Å². The topological polar surface area (TPSA) is 139 Å². The van der Waals surface area contributed by atoms with Crippen molar-refractivity contribution >= 4 is 27.6 Å². The van der Waals surface area contributed by atoms with Gasteiger partial charge in [-0.15, -0.1) is 0 Å². The van der Waals surface area contributed by atoms with Crippen LogP contribution in [-0.4, -0.2) is 47.7 Å². The number of carbonyl (C=O) groups is 3. The highest BCUT2D eigenvalue weighted by Gasteiger charge is 2.34. The Morgan fingerprint density at radius 1 is 1.26 bits per heavy atom. The minimum atomic E-state index is -4.14. The van der Waals surface area contributed by atoms with Crippen LogP contribution in [0.25, 0.3) is 0 Å². The highest BCUT2D eigenvalue weighted by molar-refractivity contribution is 7.89. The lowest BCUT2D eigenvalue weighted by Gasteiger charge is -2.26. The molecule has 0 radical (unpaired) electrons. The molecular weight excluding hydrogens is 429 g/mol. The van der Waals surface area contributed by atoms with Crippen molar-refractivity contribution in [2.24, 2.45) is 5.92 Å². The van der Waals surface area contributed by atoms with Crippen LogP contribution in [0.4, 0.5) is 4.39 Å². The Balaban J connectivity index is 1.80. The fraction of sp³-hybridized carbons (Fsp3) is 0.368. The number of benzene rings is 1. The molecule has 2 amide bonds. The van der Waals surface area contributed by atoms with Crippen molar-refractivity contribution in [3.63, 3.8) is 0 Å². The molecule has 2 heterocycles. The number of rotatable bonds is 6. The predicted octanol–water partition coefficient (Wildman–Crippen LogP) is -0.291. The zero-order chi connectivity index (χ0) is 22.8.